The molecule has 3 aromatic heterocycles. The number of aromatic nitrogens is 3. The highest BCUT2D eigenvalue weighted by atomic mass is 19.1. The molecule has 1 fully saturated rings. The van der Waals surface area contributed by atoms with Crippen molar-refractivity contribution < 1.29 is 13.5 Å². The maximum Gasteiger partial charge on any atom is 0.168 e. The molecule has 0 spiro atoms. The Hall–Kier alpha value is -2.74. The summed E-state index contributed by atoms with van der Waals surface area (Å²) in [5.41, 5.74) is 1.11. The first-order chi connectivity index (χ1) is 13.5. The summed E-state index contributed by atoms with van der Waals surface area (Å²) in [4.78, 5) is 8.57. The summed E-state index contributed by atoms with van der Waals surface area (Å²) in [6.45, 7) is 5.56. The number of halogens is 2. The highest BCUT2D eigenvalue weighted by molar-refractivity contribution is 5.63. The van der Waals surface area contributed by atoms with Crippen LogP contribution in [-0.2, 0) is 0 Å². The summed E-state index contributed by atoms with van der Waals surface area (Å²) in [5.74, 6) is -0.693. The minimum atomic E-state index is -0.728. The van der Waals surface area contributed by atoms with E-state index in [9.17, 15) is 8.78 Å². The number of hydrogen-bond acceptors (Lipinski definition) is 5. The first-order valence-corrected chi connectivity index (χ1v) is 9.48. The maximum atomic E-state index is 14.5. The molecule has 0 amide bonds. The van der Waals surface area contributed by atoms with Crippen LogP contribution < -0.4 is 15.4 Å². The van der Waals surface area contributed by atoms with Crippen LogP contribution in [0, 0.1) is 11.6 Å². The Bertz CT molecular complexity index is 982. The fourth-order valence-electron chi connectivity index (χ4n) is 3.40. The van der Waals surface area contributed by atoms with E-state index in [4.69, 9.17) is 4.74 Å². The molecule has 4 rings (SSSR count). The van der Waals surface area contributed by atoms with Gasteiger partial charge in [0.15, 0.2) is 17.5 Å². The van der Waals surface area contributed by atoms with Gasteiger partial charge in [0.25, 0.3) is 0 Å². The number of imidazole rings is 1. The number of hydrogen-bond donors (Lipinski definition) is 2. The van der Waals surface area contributed by atoms with Gasteiger partial charge >= 0.3 is 0 Å². The van der Waals surface area contributed by atoms with Gasteiger partial charge in [-0.1, -0.05) is 0 Å². The van der Waals surface area contributed by atoms with Crippen molar-refractivity contribution in [2.24, 2.45) is 0 Å². The smallest absolute Gasteiger partial charge is 0.168 e. The van der Waals surface area contributed by atoms with Crippen molar-refractivity contribution in [2.45, 2.75) is 38.8 Å². The molecule has 0 saturated carbocycles. The predicted octanol–water partition coefficient (Wildman–Crippen LogP) is 3.63. The molecule has 0 bridgehead atoms. The Kier molecular flexibility index (Phi) is 5.13. The van der Waals surface area contributed by atoms with Gasteiger partial charge in [-0.2, -0.15) is 0 Å². The molecular formula is C20H23F2N5O. The first kappa shape index (κ1) is 18.6. The van der Waals surface area contributed by atoms with Gasteiger partial charge < -0.3 is 15.4 Å². The van der Waals surface area contributed by atoms with E-state index >= 15 is 0 Å². The van der Waals surface area contributed by atoms with E-state index < -0.39 is 11.6 Å². The molecule has 1 atom stereocenters. The van der Waals surface area contributed by atoms with Crippen molar-refractivity contribution >= 4 is 11.5 Å². The summed E-state index contributed by atoms with van der Waals surface area (Å²) in [5, 5.41) is 6.35. The Morgan fingerprint density at radius 3 is 2.89 bits per heavy atom. The Morgan fingerprint density at radius 1 is 1.29 bits per heavy atom. The van der Waals surface area contributed by atoms with E-state index in [0.717, 1.165) is 32.0 Å². The fraction of sp³-hybridized carbons (Fsp3) is 0.400. The molecule has 1 aliphatic heterocycles. The van der Waals surface area contributed by atoms with Crippen LogP contribution in [0.2, 0.25) is 0 Å². The average molecular weight is 387 g/mol. The molecule has 6 nitrogen and oxygen atoms in total. The summed E-state index contributed by atoms with van der Waals surface area (Å²) in [6, 6.07) is 4.49. The Balaban J connectivity index is 1.69. The van der Waals surface area contributed by atoms with E-state index in [1.54, 1.807) is 22.7 Å². The Labute approximate surface area is 162 Å². The summed E-state index contributed by atoms with van der Waals surface area (Å²) in [6.07, 6.45) is 5.23. The lowest BCUT2D eigenvalue weighted by Gasteiger charge is -2.24. The van der Waals surface area contributed by atoms with Gasteiger partial charge in [-0.15, -0.1) is 0 Å². The second kappa shape index (κ2) is 7.71. The van der Waals surface area contributed by atoms with Gasteiger partial charge in [0, 0.05) is 30.9 Å². The number of piperidine rings is 1. The fourth-order valence-corrected chi connectivity index (χ4v) is 3.40. The van der Waals surface area contributed by atoms with Gasteiger partial charge in [-0.25, -0.2) is 18.7 Å². The van der Waals surface area contributed by atoms with Crippen molar-refractivity contribution in [3.8, 4) is 17.1 Å². The number of ether oxygens (including phenoxy) is 1. The van der Waals surface area contributed by atoms with Crippen LogP contribution in [0.3, 0.4) is 0 Å². The minimum Gasteiger partial charge on any atom is -0.491 e. The minimum absolute atomic E-state index is 0.0380. The SMILES string of the molecule is CC(C)Oc1ccn2c(-c3nc(NC4CCCNC4)c(F)cc3F)cnc2c1. The van der Waals surface area contributed by atoms with Gasteiger partial charge in [0.1, 0.15) is 17.1 Å². The van der Waals surface area contributed by atoms with Crippen LogP contribution in [0.4, 0.5) is 14.6 Å². The number of anilines is 1. The quantitative estimate of drug-likeness (QED) is 0.700. The van der Waals surface area contributed by atoms with Crippen LogP contribution in [0.25, 0.3) is 17.0 Å². The molecule has 0 aromatic carbocycles. The van der Waals surface area contributed by atoms with Crippen LogP contribution in [0.5, 0.6) is 5.75 Å². The third-order valence-electron chi connectivity index (χ3n) is 4.67. The van der Waals surface area contributed by atoms with Gasteiger partial charge in [-0.05, 0) is 39.3 Å². The highest BCUT2D eigenvalue weighted by Gasteiger charge is 2.20. The van der Waals surface area contributed by atoms with E-state index in [1.807, 2.05) is 13.8 Å². The van der Waals surface area contributed by atoms with E-state index in [2.05, 4.69) is 20.6 Å². The van der Waals surface area contributed by atoms with Crippen molar-refractivity contribution in [2.75, 3.05) is 18.4 Å². The van der Waals surface area contributed by atoms with E-state index in [1.165, 1.54) is 6.20 Å². The monoisotopic (exact) mass is 387 g/mol. The molecule has 0 aliphatic carbocycles. The van der Waals surface area contributed by atoms with Crippen molar-refractivity contribution in [3.05, 3.63) is 42.2 Å². The number of fused-ring (bicyclic) bond motifs is 1. The average Bonchev–Trinajstić information content (AvgIpc) is 3.07. The van der Waals surface area contributed by atoms with Gasteiger partial charge in [-0.3, -0.25) is 4.40 Å². The molecule has 148 valence electrons. The number of nitrogens with one attached hydrogen (secondary N) is 2. The normalized spacial score (nSPS) is 17.2. The summed E-state index contributed by atoms with van der Waals surface area (Å²) < 4.78 is 36.2. The third kappa shape index (κ3) is 3.77. The van der Waals surface area contributed by atoms with Crippen LogP contribution in [-0.4, -0.2) is 39.6 Å². The topological polar surface area (TPSA) is 63.5 Å². The zero-order valence-corrected chi connectivity index (χ0v) is 15.9. The third-order valence-corrected chi connectivity index (χ3v) is 4.67. The highest BCUT2D eigenvalue weighted by Crippen LogP contribution is 2.27. The standard InChI is InChI=1S/C20H23F2N5O/c1-12(2)28-14-5-7-27-17(11-24-18(27)8-14)19-15(21)9-16(22)20(26-19)25-13-4-3-6-23-10-13/h5,7-9,11-13,23H,3-4,6,10H2,1-2H3,(H,25,26). The predicted molar refractivity (Wildman–Crippen MR) is 104 cm³/mol. The molecule has 3 aromatic rings. The number of nitrogens with zero attached hydrogens (tertiary/aromatic N) is 3. The molecule has 1 aliphatic rings. The van der Waals surface area contributed by atoms with E-state index in [0.29, 0.717) is 17.1 Å². The molecule has 1 saturated heterocycles. The summed E-state index contributed by atoms with van der Waals surface area (Å²) >= 11 is 0. The maximum absolute atomic E-state index is 14.5. The lowest BCUT2D eigenvalue weighted by molar-refractivity contribution is 0.242. The summed E-state index contributed by atoms with van der Waals surface area (Å²) in [7, 11) is 0. The van der Waals surface area contributed by atoms with Crippen LogP contribution in [0.1, 0.15) is 26.7 Å². The van der Waals surface area contributed by atoms with Crippen molar-refractivity contribution in [1.29, 1.82) is 0 Å². The zero-order chi connectivity index (χ0) is 19.7. The van der Waals surface area contributed by atoms with Gasteiger partial charge in [0.2, 0.25) is 0 Å². The van der Waals surface area contributed by atoms with Crippen LogP contribution >= 0.6 is 0 Å². The molecule has 8 heteroatoms. The Morgan fingerprint density at radius 2 is 2.14 bits per heavy atom. The first-order valence-electron chi connectivity index (χ1n) is 9.48. The zero-order valence-electron chi connectivity index (χ0n) is 15.9. The van der Waals surface area contributed by atoms with Crippen molar-refractivity contribution in [3.63, 3.8) is 0 Å². The molecule has 1 unspecified atom stereocenters. The molecule has 4 heterocycles. The number of pyridine rings is 2. The largest absolute Gasteiger partial charge is 0.491 e. The number of rotatable bonds is 5. The molecule has 28 heavy (non-hydrogen) atoms. The van der Waals surface area contributed by atoms with Crippen molar-refractivity contribution in [1.82, 2.24) is 19.7 Å². The molecule has 2 N–H and O–H groups in total. The van der Waals surface area contributed by atoms with Gasteiger partial charge in [0.05, 0.1) is 18.0 Å². The molecular weight excluding hydrogens is 364 g/mol. The second-order valence-electron chi connectivity index (χ2n) is 7.24. The molecule has 0 radical (unpaired) electrons. The lowest BCUT2D eigenvalue weighted by Crippen LogP contribution is -2.38. The lowest BCUT2D eigenvalue weighted by atomic mass is 10.1. The van der Waals surface area contributed by atoms with E-state index in [-0.39, 0.29) is 23.7 Å². The van der Waals surface area contributed by atoms with Crippen LogP contribution in [0.15, 0.2) is 30.6 Å². The second-order valence-corrected chi connectivity index (χ2v) is 7.24.